The Morgan fingerprint density at radius 3 is 2.00 bits per heavy atom. The maximum Gasteiger partial charge on any atom is 0.416 e. The second-order valence-corrected chi connectivity index (χ2v) is 9.18. The molecule has 0 saturated carbocycles. The van der Waals surface area contributed by atoms with Crippen molar-refractivity contribution in [2.45, 2.75) is 52.8 Å². The lowest BCUT2D eigenvalue weighted by Gasteiger charge is -2.23. The fourth-order valence-corrected chi connectivity index (χ4v) is 4.11. The number of hydrogen-bond acceptors (Lipinski definition) is 1. The van der Waals surface area contributed by atoms with Gasteiger partial charge in [0.05, 0.1) is 12.2 Å². The predicted octanol–water partition coefficient (Wildman–Crippen LogP) is 8.39. The van der Waals surface area contributed by atoms with E-state index >= 15 is 0 Å². The van der Waals surface area contributed by atoms with Crippen LogP contribution in [0.5, 0.6) is 0 Å². The highest BCUT2D eigenvalue weighted by Gasteiger charge is 2.30. The minimum absolute atomic E-state index is 0.127. The van der Waals surface area contributed by atoms with Gasteiger partial charge in [-0.1, -0.05) is 70.2 Å². The van der Waals surface area contributed by atoms with Gasteiger partial charge in [-0.2, -0.15) is 13.2 Å². The average molecular weight is 471 g/mol. The molecule has 0 atom stereocenters. The van der Waals surface area contributed by atoms with Gasteiger partial charge in [-0.25, -0.2) is 4.39 Å². The van der Waals surface area contributed by atoms with E-state index in [4.69, 9.17) is 0 Å². The van der Waals surface area contributed by atoms with Crippen LogP contribution < -0.4 is 0 Å². The molecular weight excluding hydrogens is 440 g/mol. The van der Waals surface area contributed by atoms with Crippen LogP contribution in [0.3, 0.4) is 0 Å². The molecule has 0 saturated heterocycles. The van der Waals surface area contributed by atoms with Gasteiger partial charge in [0.25, 0.3) is 0 Å². The highest BCUT2D eigenvalue weighted by Crippen LogP contribution is 2.38. The van der Waals surface area contributed by atoms with Crippen LogP contribution in [0.25, 0.3) is 17.2 Å². The molecule has 0 amide bonds. The third-order valence-electron chi connectivity index (χ3n) is 5.85. The van der Waals surface area contributed by atoms with Gasteiger partial charge in [-0.05, 0) is 81.5 Å². The Morgan fingerprint density at radius 2 is 1.50 bits per heavy atom. The highest BCUT2D eigenvalue weighted by atomic mass is 19.4. The van der Waals surface area contributed by atoms with Crippen LogP contribution in [0.1, 0.15) is 67.0 Å². The molecule has 3 rings (SSSR count). The predicted molar refractivity (Wildman–Crippen MR) is 130 cm³/mol. The first-order chi connectivity index (χ1) is 16.0. The quantitative estimate of drug-likeness (QED) is 0.344. The fraction of sp³-hybridized carbons (Fsp3) is 0.310. The van der Waals surface area contributed by atoms with Crippen molar-refractivity contribution in [3.8, 4) is 11.1 Å². The van der Waals surface area contributed by atoms with Crippen molar-refractivity contribution < 1.29 is 22.7 Å². The van der Waals surface area contributed by atoms with Gasteiger partial charge in [0.15, 0.2) is 0 Å². The summed E-state index contributed by atoms with van der Waals surface area (Å²) in [4.78, 5) is 0. The molecule has 0 heterocycles. The summed E-state index contributed by atoms with van der Waals surface area (Å²) in [5, 5.41) is 10.4. The van der Waals surface area contributed by atoms with Crippen LogP contribution in [0.4, 0.5) is 17.6 Å². The normalized spacial score (nSPS) is 12.3. The van der Waals surface area contributed by atoms with Crippen molar-refractivity contribution in [2.75, 3.05) is 0 Å². The van der Waals surface area contributed by atoms with Gasteiger partial charge in [-0.3, -0.25) is 0 Å². The Morgan fingerprint density at radius 1 is 0.882 bits per heavy atom. The van der Waals surface area contributed by atoms with Gasteiger partial charge in [0.1, 0.15) is 5.82 Å². The zero-order valence-electron chi connectivity index (χ0n) is 19.9. The lowest BCUT2D eigenvalue weighted by Crippen LogP contribution is -2.08. The van der Waals surface area contributed by atoms with E-state index in [2.05, 4.69) is 39.8 Å². The van der Waals surface area contributed by atoms with Crippen LogP contribution in [-0.2, 0) is 19.2 Å². The first-order valence-corrected chi connectivity index (χ1v) is 11.4. The second kappa shape index (κ2) is 10.6. The maximum atomic E-state index is 13.7. The van der Waals surface area contributed by atoms with E-state index < -0.39 is 11.7 Å². The summed E-state index contributed by atoms with van der Waals surface area (Å²) < 4.78 is 52.8. The highest BCUT2D eigenvalue weighted by molar-refractivity contribution is 5.78. The van der Waals surface area contributed by atoms with Gasteiger partial charge >= 0.3 is 6.18 Å². The van der Waals surface area contributed by atoms with Crippen molar-refractivity contribution in [3.63, 3.8) is 0 Å². The standard InChI is InChI=1S/C29H30F4O/c1-18(2)5-8-22-16-25(19(3)4)26(15-20-6-11-23(12-7-20)29(31,32)33)28(27(22)17-34)21-9-13-24(30)14-10-21/h5-14,16,18-19,34H,15,17H2,1-4H3/b8-5-. The smallest absolute Gasteiger partial charge is 0.392 e. The lowest BCUT2D eigenvalue weighted by atomic mass is 9.81. The Labute approximate surface area is 198 Å². The van der Waals surface area contributed by atoms with Gasteiger partial charge in [-0.15, -0.1) is 0 Å². The van der Waals surface area contributed by atoms with Crippen LogP contribution in [0.2, 0.25) is 0 Å². The molecule has 5 heteroatoms. The van der Waals surface area contributed by atoms with E-state index in [1.807, 2.05) is 6.08 Å². The fourth-order valence-electron chi connectivity index (χ4n) is 4.11. The Hall–Kier alpha value is -2.92. The Kier molecular flexibility index (Phi) is 7.98. The van der Waals surface area contributed by atoms with E-state index in [0.29, 0.717) is 12.3 Å². The van der Waals surface area contributed by atoms with E-state index in [-0.39, 0.29) is 18.3 Å². The molecule has 0 spiro atoms. The number of hydrogen-bond donors (Lipinski definition) is 1. The van der Waals surface area contributed by atoms with Crippen molar-refractivity contribution >= 4 is 6.08 Å². The SMILES string of the molecule is CC(C)/C=C\c1cc(C(C)C)c(Cc2ccc(C(F)(F)F)cc2)c(-c2ccc(F)cc2)c1CO. The summed E-state index contributed by atoms with van der Waals surface area (Å²) in [5.41, 5.74) is 5.17. The van der Waals surface area contributed by atoms with E-state index in [9.17, 15) is 22.7 Å². The topological polar surface area (TPSA) is 20.2 Å². The molecule has 3 aromatic carbocycles. The number of aliphatic hydroxyl groups excluding tert-OH is 1. The molecule has 0 aromatic heterocycles. The molecule has 0 aliphatic heterocycles. The molecule has 0 aliphatic rings. The van der Waals surface area contributed by atoms with E-state index in [1.54, 1.807) is 12.1 Å². The molecule has 1 N–H and O–H groups in total. The number of aliphatic hydroxyl groups is 1. The molecule has 0 fully saturated rings. The first kappa shape index (κ1) is 25.7. The molecule has 34 heavy (non-hydrogen) atoms. The largest absolute Gasteiger partial charge is 0.416 e. The first-order valence-electron chi connectivity index (χ1n) is 11.4. The third kappa shape index (κ3) is 5.95. The van der Waals surface area contributed by atoms with Gasteiger partial charge in [0, 0.05) is 0 Å². The summed E-state index contributed by atoms with van der Waals surface area (Å²) in [6.45, 7) is 8.04. The third-order valence-corrected chi connectivity index (χ3v) is 5.85. The average Bonchev–Trinajstić information content (AvgIpc) is 2.77. The minimum Gasteiger partial charge on any atom is -0.392 e. The van der Waals surface area contributed by atoms with Crippen LogP contribution in [0, 0.1) is 11.7 Å². The molecule has 1 nitrogen and oxygen atoms in total. The summed E-state index contributed by atoms with van der Waals surface area (Å²) in [7, 11) is 0. The summed E-state index contributed by atoms with van der Waals surface area (Å²) in [6, 6.07) is 13.3. The summed E-state index contributed by atoms with van der Waals surface area (Å²) >= 11 is 0. The number of allylic oxidation sites excluding steroid dienone is 1. The molecular formula is C29H30F4O. The van der Waals surface area contributed by atoms with E-state index in [0.717, 1.165) is 51.1 Å². The molecule has 0 unspecified atom stereocenters. The van der Waals surface area contributed by atoms with Crippen molar-refractivity contribution in [1.29, 1.82) is 0 Å². The lowest BCUT2D eigenvalue weighted by molar-refractivity contribution is -0.137. The Bertz CT molecular complexity index is 1140. The second-order valence-electron chi connectivity index (χ2n) is 9.18. The molecule has 0 aliphatic carbocycles. The number of halogens is 4. The monoisotopic (exact) mass is 470 g/mol. The van der Waals surface area contributed by atoms with Crippen LogP contribution in [0.15, 0.2) is 60.7 Å². The molecule has 180 valence electrons. The zero-order chi connectivity index (χ0) is 25.0. The molecule has 3 aromatic rings. The minimum atomic E-state index is -4.39. The van der Waals surface area contributed by atoms with Crippen molar-refractivity contribution in [1.82, 2.24) is 0 Å². The molecule has 0 radical (unpaired) electrons. The summed E-state index contributed by atoms with van der Waals surface area (Å²) in [5.74, 6) is 0.0799. The zero-order valence-corrected chi connectivity index (χ0v) is 19.9. The number of benzene rings is 3. The molecule has 0 bridgehead atoms. The number of alkyl halides is 3. The Balaban J connectivity index is 2.26. The van der Waals surface area contributed by atoms with E-state index in [1.165, 1.54) is 24.3 Å². The van der Waals surface area contributed by atoms with Crippen molar-refractivity contribution in [3.05, 3.63) is 99.9 Å². The van der Waals surface area contributed by atoms with Gasteiger partial charge in [0.2, 0.25) is 0 Å². The number of rotatable bonds is 7. The maximum absolute atomic E-state index is 13.7. The van der Waals surface area contributed by atoms with Crippen LogP contribution in [-0.4, -0.2) is 5.11 Å². The van der Waals surface area contributed by atoms with Crippen LogP contribution >= 0.6 is 0 Å². The summed E-state index contributed by atoms with van der Waals surface area (Å²) in [6.07, 6.45) is 0.0501. The van der Waals surface area contributed by atoms with Gasteiger partial charge < -0.3 is 5.11 Å². The van der Waals surface area contributed by atoms with Crippen molar-refractivity contribution in [2.24, 2.45) is 5.92 Å².